The number of aromatic nitrogens is 2. The van der Waals surface area contributed by atoms with Crippen LogP contribution in [0.4, 0.5) is 17.3 Å². The summed E-state index contributed by atoms with van der Waals surface area (Å²) in [6.07, 6.45) is 0. The molecule has 0 aliphatic heterocycles. The highest BCUT2D eigenvalue weighted by atomic mass is 16.5. The Balaban J connectivity index is 2.19. The summed E-state index contributed by atoms with van der Waals surface area (Å²) in [6, 6.07) is 9.63. The average molecular weight is 314 g/mol. The first-order valence-corrected chi connectivity index (χ1v) is 7.63. The summed E-state index contributed by atoms with van der Waals surface area (Å²) in [6.45, 7) is 8.00. The number of carbonyl (C=O) groups excluding carboxylic acids is 1. The molecule has 0 atom stereocenters. The molecule has 0 spiro atoms. The molecule has 0 saturated heterocycles. The molecule has 0 saturated carbocycles. The van der Waals surface area contributed by atoms with E-state index in [9.17, 15) is 4.79 Å². The van der Waals surface area contributed by atoms with Crippen molar-refractivity contribution in [3.05, 3.63) is 41.7 Å². The summed E-state index contributed by atoms with van der Waals surface area (Å²) in [5.74, 6) is -0.101. The number of carbonyl (C=O) groups is 1. The maximum absolute atomic E-state index is 11.6. The van der Waals surface area contributed by atoms with E-state index in [0.717, 1.165) is 18.8 Å². The third kappa shape index (κ3) is 4.18. The second-order valence-electron chi connectivity index (χ2n) is 5.05. The molecule has 0 aliphatic carbocycles. The normalized spacial score (nSPS) is 10.3. The Morgan fingerprint density at radius 3 is 2.39 bits per heavy atom. The molecule has 6 heteroatoms. The smallest absolute Gasteiger partial charge is 0.356 e. The van der Waals surface area contributed by atoms with Crippen molar-refractivity contribution in [3.63, 3.8) is 0 Å². The number of hydrogen-bond donors (Lipinski definition) is 1. The minimum atomic E-state index is -0.476. The Morgan fingerprint density at radius 2 is 1.83 bits per heavy atom. The van der Waals surface area contributed by atoms with Crippen LogP contribution >= 0.6 is 0 Å². The number of rotatable bonds is 6. The van der Waals surface area contributed by atoms with E-state index in [2.05, 4.69) is 34.0 Å². The lowest BCUT2D eigenvalue weighted by molar-refractivity contribution is 0.0594. The van der Waals surface area contributed by atoms with Crippen molar-refractivity contribution in [1.82, 2.24) is 9.97 Å². The van der Waals surface area contributed by atoms with Crippen molar-refractivity contribution in [1.29, 1.82) is 0 Å². The summed E-state index contributed by atoms with van der Waals surface area (Å²) in [7, 11) is 1.33. The first-order chi connectivity index (χ1) is 11.1. The van der Waals surface area contributed by atoms with Crippen LogP contribution in [0.25, 0.3) is 0 Å². The van der Waals surface area contributed by atoms with Gasteiger partial charge in [0, 0.05) is 30.2 Å². The minimum Gasteiger partial charge on any atom is -0.464 e. The molecule has 6 nitrogen and oxygen atoms in total. The van der Waals surface area contributed by atoms with Gasteiger partial charge in [0.05, 0.1) is 7.11 Å². The first-order valence-electron chi connectivity index (χ1n) is 7.63. The predicted octanol–water partition coefficient (Wildman–Crippen LogP) is 3.16. The molecule has 0 aliphatic rings. The predicted molar refractivity (Wildman–Crippen MR) is 91.4 cm³/mol. The van der Waals surface area contributed by atoms with E-state index in [1.165, 1.54) is 12.8 Å². The van der Waals surface area contributed by atoms with Crippen molar-refractivity contribution in [2.75, 3.05) is 30.4 Å². The van der Waals surface area contributed by atoms with Crippen LogP contribution in [0.15, 0.2) is 30.3 Å². The number of methoxy groups -OCH3 is 1. The van der Waals surface area contributed by atoms with Crippen molar-refractivity contribution in [3.8, 4) is 0 Å². The number of hydrogen-bond acceptors (Lipinski definition) is 6. The molecule has 0 unspecified atom stereocenters. The van der Waals surface area contributed by atoms with Gasteiger partial charge in [0.25, 0.3) is 0 Å². The largest absolute Gasteiger partial charge is 0.464 e. The van der Waals surface area contributed by atoms with Gasteiger partial charge in [-0.2, -0.15) is 0 Å². The Morgan fingerprint density at radius 1 is 1.17 bits per heavy atom. The van der Waals surface area contributed by atoms with E-state index >= 15 is 0 Å². The highest BCUT2D eigenvalue weighted by Crippen LogP contribution is 2.20. The van der Waals surface area contributed by atoms with Gasteiger partial charge in [-0.25, -0.2) is 14.8 Å². The first kappa shape index (κ1) is 16.7. The van der Waals surface area contributed by atoms with Crippen LogP contribution in [0, 0.1) is 6.92 Å². The minimum absolute atomic E-state index is 0.238. The zero-order valence-electron chi connectivity index (χ0n) is 14.0. The Bertz CT molecular complexity index is 667. The van der Waals surface area contributed by atoms with Gasteiger partial charge in [-0.1, -0.05) is 0 Å². The quantitative estimate of drug-likeness (QED) is 0.826. The topological polar surface area (TPSA) is 67.4 Å². The molecule has 1 aromatic heterocycles. The standard InChI is InChI=1S/C17H22N4O2/c1-5-21(6-2)14-9-7-13(8-10-14)19-17-18-12(3)11-15(20-17)16(22)23-4/h7-11H,5-6H2,1-4H3,(H,18,19,20). The highest BCUT2D eigenvalue weighted by Gasteiger charge is 2.11. The fourth-order valence-electron chi connectivity index (χ4n) is 2.31. The highest BCUT2D eigenvalue weighted by molar-refractivity contribution is 5.87. The van der Waals surface area contributed by atoms with E-state index in [1.807, 2.05) is 31.2 Å². The van der Waals surface area contributed by atoms with Crippen LogP contribution in [0.1, 0.15) is 30.0 Å². The number of benzene rings is 1. The number of esters is 1. The molecule has 0 amide bonds. The zero-order valence-corrected chi connectivity index (χ0v) is 14.0. The number of anilines is 3. The van der Waals surface area contributed by atoms with Gasteiger partial charge in [0.2, 0.25) is 5.95 Å². The van der Waals surface area contributed by atoms with E-state index in [1.54, 1.807) is 6.07 Å². The summed E-state index contributed by atoms with van der Waals surface area (Å²) in [5, 5.41) is 3.12. The molecule has 122 valence electrons. The fraction of sp³-hybridized carbons (Fsp3) is 0.353. The van der Waals surface area contributed by atoms with E-state index in [0.29, 0.717) is 11.6 Å². The van der Waals surface area contributed by atoms with Crippen LogP contribution in [-0.2, 0) is 4.74 Å². The fourth-order valence-corrected chi connectivity index (χ4v) is 2.31. The lowest BCUT2D eigenvalue weighted by Gasteiger charge is -2.21. The van der Waals surface area contributed by atoms with Crippen molar-refractivity contribution < 1.29 is 9.53 Å². The second kappa shape index (κ2) is 7.58. The van der Waals surface area contributed by atoms with Crippen LogP contribution < -0.4 is 10.2 Å². The van der Waals surface area contributed by atoms with Crippen LogP contribution in [-0.4, -0.2) is 36.1 Å². The van der Waals surface area contributed by atoms with E-state index < -0.39 is 5.97 Å². The molecule has 0 radical (unpaired) electrons. The molecule has 23 heavy (non-hydrogen) atoms. The second-order valence-corrected chi connectivity index (χ2v) is 5.05. The Hall–Kier alpha value is -2.63. The van der Waals surface area contributed by atoms with Gasteiger partial charge in [-0.3, -0.25) is 0 Å². The number of aryl methyl sites for hydroxylation is 1. The summed E-state index contributed by atoms with van der Waals surface area (Å²) in [5.41, 5.74) is 2.97. The van der Waals surface area contributed by atoms with Gasteiger partial charge in [0.15, 0.2) is 5.69 Å². The number of ether oxygens (including phenoxy) is 1. The van der Waals surface area contributed by atoms with Crippen molar-refractivity contribution in [2.45, 2.75) is 20.8 Å². The van der Waals surface area contributed by atoms with Gasteiger partial charge < -0.3 is 15.0 Å². The maximum atomic E-state index is 11.6. The van der Waals surface area contributed by atoms with Crippen molar-refractivity contribution >= 4 is 23.3 Å². The molecule has 0 fully saturated rings. The third-order valence-corrected chi connectivity index (χ3v) is 3.50. The average Bonchev–Trinajstić information content (AvgIpc) is 2.56. The van der Waals surface area contributed by atoms with Crippen LogP contribution in [0.3, 0.4) is 0 Å². The number of nitrogens with one attached hydrogen (secondary N) is 1. The molecule has 1 N–H and O–H groups in total. The van der Waals surface area contributed by atoms with Gasteiger partial charge in [0.1, 0.15) is 0 Å². The van der Waals surface area contributed by atoms with Gasteiger partial charge >= 0.3 is 5.97 Å². The summed E-state index contributed by atoms with van der Waals surface area (Å²) < 4.78 is 4.70. The van der Waals surface area contributed by atoms with E-state index in [4.69, 9.17) is 4.74 Å². The monoisotopic (exact) mass is 314 g/mol. The van der Waals surface area contributed by atoms with Crippen molar-refractivity contribution in [2.24, 2.45) is 0 Å². The SMILES string of the molecule is CCN(CC)c1ccc(Nc2nc(C)cc(C(=O)OC)n2)cc1. The Kier molecular flexibility index (Phi) is 5.51. The summed E-state index contributed by atoms with van der Waals surface area (Å²) >= 11 is 0. The molecular weight excluding hydrogens is 292 g/mol. The molecule has 0 bridgehead atoms. The lowest BCUT2D eigenvalue weighted by atomic mass is 10.2. The summed E-state index contributed by atoms with van der Waals surface area (Å²) in [4.78, 5) is 22.4. The lowest BCUT2D eigenvalue weighted by Crippen LogP contribution is -2.21. The van der Waals surface area contributed by atoms with Crippen LogP contribution in [0.5, 0.6) is 0 Å². The van der Waals surface area contributed by atoms with Crippen LogP contribution in [0.2, 0.25) is 0 Å². The maximum Gasteiger partial charge on any atom is 0.356 e. The van der Waals surface area contributed by atoms with E-state index in [-0.39, 0.29) is 5.69 Å². The zero-order chi connectivity index (χ0) is 16.8. The Labute approximate surface area is 136 Å². The number of nitrogens with zero attached hydrogens (tertiary/aromatic N) is 3. The van der Waals surface area contributed by atoms with Gasteiger partial charge in [-0.15, -0.1) is 0 Å². The molecule has 1 aromatic carbocycles. The molecule has 1 heterocycles. The van der Waals surface area contributed by atoms with Gasteiger partial charge in [-0.05, 0) is 51.1 Å². The molecular formula is C17H22N4O2. The molecule has 2 rings (SSSR count). The molecule has 2 aromatic rings. The third-order valence-electron chi connectivity index (χ3n) is 3.50.